The van der Waals surface area contributed by atoms with Gasteiger partial charge in [0.1, 0.15) is 6.10 Å². The lowest BCUT2D eigenvalue weighted by Gasteiger charge is -2.32. The summed E-state index contributed by atoms with van der Waals surface area (Å²) in [7, 11) is 1.82. The Kier molecular flexibility index (Phi) is 6.26. The van der Waals surface area contributed by atoms with Gasteiger partial charge in [-0.3, -0.25) is 4.68 Å². The highest BCUT2D eigenvalue weighted by Crippen LogP contribution is 2.26. The van der Waals surface area contributed by atoms with Gasteiger partial charge in [-0.05, 0) is 12.1 Å². The van der Waals surface area contributed by atoms with Crippen LogP contribution in [0.15, 0.2) is 30.6 Å². The smallest absolute Gasteiger partial charge is 0.427 e. The van der Waals surface area contributed by atoms with Gasteiger partial charge in [0.25, 0.3) is 0 Å². The van der Waals surface area contributed by atoms with E-state index in [2.05, 4.69) is 14.8 Å². The molecule has 1 aliphatic heterocycles. The Hall–Kier alpha value is -2.82. The second-order valence-electron chi connectivity index (χ2n) is 6.62. The van der Waals surface area contributed by atoms with E-state index in [1.54, 1.807) is 23.1 Å². The Morgan fingerprint density at radius 2 is 2.03 bits per heavy atom. The number of ether oxygens (including phenoxy) is 2. The fraction of sp³-hybridized carbons (Fsp3) is 0.500. The summed E-state index contributed by atoms with van der Waals surface area (Å²) in [6, 6.07) is 5.48. The number of hydrogen-bond acceptors (Lipinski definition) is 6. The molecule has 2 aromatic heterocycles. The van der Waals surface area contributed by atoms with Crippen LogP contribution in [-0.2, 0) is 11.8 Å². The summed E-state index contributed by atoms with van der Waals surface area (Å²) in [4.78, 5) is 17.3. The highest BCUT2D eigenvalue weighted by molar-refractivity contribution is 5.68. The summed E-state index contributed by atoms with van der Waals surface area (Å²) in [5, 5.41) is 12.9. The molecular weight excluding hydrogens is 393 g/mol. The largest absolute Gasteiger partial charge is 0.474 e. The van der Waals surface area contributed by atoms with E-state index in [-0.39, 0.29) is 19.2 Å². The van der Waals surface area contributed by atoms with E-state index in [1.165, 1.54) is 4.90 Å². The Morgan fingerprint density at radius 1 is 1.31 bits per heavy atom. The number of aryl methyl sites for hydroxylation is 1. The molecule has 1 fully saturated rings. The SMILES string of the molecule is Cn1nccc1-c1ccnc(OC2CCN(C(=O)O[C@H](CO)C(F)(F)F)CC2)c1. The number of rotatable bonds is 5. The molecule has 0 aliphatic carbocycles. The summed E-state index contributed by atoms with van der Waals surface area (Å²) >= 11 is 0. The maximum Gasteiger partial charge on any atom is 0.427 e. The van der Waals surface area contributed by atoms with Crippen LogP contribution in [0.4, 0.5) is 18.0 Å². The molecule has 0 bridgehead atoms. The van der Waals surface area contributed by atoms with Crippen molar-refractivity contribution in [1.82, 2.24) is 19.7 Å². The minimum atomic E-state index is -4.81. The molecule has 3 rings (SSSR count). The van der Waals surface area contributed by atoms with Crippen LogP contribution in [0.2, 0.25) is 0 Å². The summed E-state index contributed by atoms with van der Waals surface area (Å²) in [6.45, 7) is -0.949. The lowest BCUT2D eigenvalue weighted by molar-refractivity contribution is -0.214. The van der Waals surface area contributed by atoms with E-state index in [0.29, 0.717) is 18.7 Å². The Morgan fingerprint density at radius 3 is 2.62 bits per heavy atom. The number of pyridine rings is 1. The van der Waals surface area contributed by atoms with Gasteiger partial charge in [0.2, 0.25) is 12.0 Å². The topological polar surface area (TPSA) is 89.7 Å². The number of nitrogens with zero attached hydrogens (tertiary/aromatic N) is 4. The minimum absolute atomic E-state index is 0.181. The van der Waals surface area contributed by atoms with Gasteiger partial charge >= 0.3 is 12.3 Å². The Bertz CT molecular complexity index is 835. The van der Waals surface area contributed by atoms with Crippen LogP contribution in [0.25, 0.3) is 11.3 Å². The van der Waals surface area contributed by atoms with Crippen molar-refractivity contribution < 1.29 is 32.5 Å². The summed E-state index contributed by atoms with van der Waals surface area (Å²) in [6.07, 6.45) is -4.52. The molecule has 8 nitrogen and oxygen atoms in total. The Balaban J connectivity index is 1.54. The number of aliphatic hydroxyl groups is 1. The normalized spacial score (nSPS) is 16.5. The molecule has 1 N–H and O–H groups in total. The van der Waals surface area contributed by atoms with E-state index in [1.807, 2.05) is 19.2 Å². The number of aromatic nitrogens is 3. The van der Waals surface area contributed by atoms with Gasteiger partial charge < -0.3 is 19.5 Å². The third-order valence-electron chi connectivity index (χ3n) is 4.61. The number of carbonyl (C=O) groups is 1. The van der Waals surface area contributed by atoms with Gasteiger partial charge in [-0.15, -0.1) is 0 Å². The summed E-state index contributed by atoms with van der Waals surface area (Å²) < 4.78 is 49.9. The van der Waals surface area contributed by atoms with Crippen molar-refractivity contribution in [3.8, 4) is 17.1 Å². The maximum absolute atomic E-state index is 12.6. The molecule has 1 saturated heterocycles. The van der Waals surface area contributed by atoms with E-state index < -0.39 is 25.0 Å². The van der Waals surface area contributed by atoms with E-state index in [9.17, 15) is 18.0 Å². The van der Waals surface area contributed by atoms with Crippen molar-refractivity contribution in [1.29, 1.82) is 0 Å². The second kappa shape index (κ2) is 8.68. The number of alkyl halides is 3. The van der Waals surface area contributed by atoms with Crippen LogP contribution in [0.1, 0.15) is 12.8 Å². The van der Waals surface area contributed by atoms with Crippen LogP contribution in [0.3, 0.4) is 0 Å². The number of piperidine rings is 1. The fourth-order valence-corrected chi connectivity index (χ4v) is 3.02. The zero-order valence-electron chi connectivity index (χ0n) is 15.7. The average molecular weight is 414 g/mol. The molecule has 1 amide bonds. The number of amides is 1. The zero-order chi connectivity index (χ0) is 21.0. The third-order valence-corrected chi connectivity index (χ3v) is 4.61. The first-order valence-corrected chi connectivity index (χ1v) is 9.02. The lowest BCUT2D eigenvalue weighted by atomic mass is 10.1. The number of hydrogen-bond donors (Lipinski definition) is 1. The van der Waals surface area contributed by atoms with Gasteiger partial charge in [-0.1, -0.05) is 0 Å². The van der Waals surface area contributed by atoms with E-state index in [0.717, 1.165) is 11.3 Å². The molecule has 0 aromatic carbocycles. The first kappa shape index (κ1) is 20.9. The molecule has 158 valence electrons. The molecule has 1 aliphatic rings. The number of likely N-dealkylation sites (tertiary alicyclic amines) is 1. The highest BCUT2D eigenvalue weighted by Gasteiger charge is 2.43. The lowest BCUT2D eigenvalue weighted by Crippen LogP contribution is -2.46. The third kappa shape index (κ3) is 5.17. The monoisotopic (exact) mass is 414 g/mol. The fourth-order valence-electron chi connectivity index (χ4n) is 3.02. The highest BCUT2D eigenvalue weighted by atomic mass is 19.4. The van der Waals surface area contributed by atoms with Crippen LogP contribution in [0.5, 0.6) is 5.88 Å². The quantitative estimate of drug-likeness (QED) is 0.808. The number of halogens is 3. The van der Waals surface area contributed by atoms with Crippen molar-refractivity contribution in [2.75, 3.05) is 19.7 Å². The van der Waals surface area contributed by atoms with Crippen molar-refractivity contribution >= 4 is 6.09 Å². The zero-order valence-corrected chi connectivity index (χ0v) is 15.7. The van der Waals surface area contributed by atoms with E-state index >= 15 is 0 Å². The van der Waals surface area contributed by atoms with E-state index in [4.69, 9.17) is 9.84 Å². The van der Waals surface area contributed by atoms with Gasteiger partial charge in [0.15, 0.2) is 0 Å². The molecule has 29 heavy (non-hydrogen) atoms. The maximum atomic E-state index is 12.6. The molecule has 1 atom stereocenters. The number of carbonyl (C=O) groups excluding carboxylic acids is 1. The van der Waals surface area contributed by atoms with Crippen LogP contribution in [0, 0.1) is 0 Å². The van der Waals surface area contributed by atoms with Gasteiger partial charge in [-0.2, -0.15) is 18.3 Å². The van der Waals surface area contributed by atoms with Crippen LogP contribution >= 0.6 is 0 Å². The van der Waals surface area contributed by atoms with Crippen LogP contribution < -0.4 is 4.74 Å². The molecule has 2 aromatic rings. The molecular formula is C18H21F3N4O4. The molecule has 3 heterocycles. The van der Waals surface area contributed by atoms with Crippen molar-refractivity contribution in [2.24, 2.45) is 7.05 Å². The van der Waals surface area contributed by atoms with Crippen LogP contribution in [-0.4, -0.2) is 68.9 Å². The van der Waals surface area contributed by atoms with Crippen molar-refractivity contribution in [3.63, 3.8) is 0 Å². The van der Waals surface area contributed by atoms with Gasteiger partial charge in [0, 0.05) is 57.0 Å². The number of aliphatic hydroxyl groups excluding tert-OH is 1. The average Bonchev–Trinajstić information content (AvgIpc) is 3.11. The first-order valence-electron chi connectivity index (χ1n) is 9.02. The molecule has 0 spiro atoms. The summed E-state index contributed by atoms with van der Waals surface area (Å²) in [5.74, 6) is 0.419. The van der Waals surface area contributed by atoms with Gasteiger partial charge in [-0.25, -0.2) is 9.78 Å². The summed E-state index contributed by atoms with van der Waals surface area (Å²) in [5.41, 5.74) is 1.79. The van der Waals surface area contributed by atoms with Crippen molar-refractivity contribution in [2.45, 2.75) is 31.2 Å². The molecule has 0 unspecified atom stereocenters. The minimum Gasteiger partial charge on any atom is -0.474 e. The predicted octanol–water partition coefficient (Wildman–Crippen LogP) is 2.39. The molecule has 11 heteroatoms. The van der Waals surface area contributed by atoms with Gasteiger partial charge in [0.05, 0.1) is 12.3 Å². The second-order valence-corrected chi connectivity index (χ2v) is 6.62. The predicted molar refractivity (Wildman–Crippen MR) is 95.1 cm³/mol. The Labute approximate surface area is 164 Å². The van der Waals surface area contributed by atoms with Crippen molar-refractivity contribution in [3.05, 3.63) is 30.6 Å². The first-order chi connectivity index (χ1) is 13.8. The standard InChI is InChI=1S/C18H21F3N4O4/c1-24-14(3-7-23-24)12-2-6-22-16(10-12)28-13-4-8-25(9-5-13)17(27)29-15(11-26)18(19,20)21/h2-3,6-7,10,13,15,26H,4-5,8-9,11H2,1H3/t15-/m1/s1. The molecule has 0 radical (unpaired) electrons. The molecule has 0 saturated carbocycles.